The molecule has 0 aromatic heterocycles. The maximum absolute atomic E-state index is 14.8. The molecule has 1 saturated heterocycles. The van der Waals surface area contributed by atoms with Crippen LogP contribution in [0.4, 0.5) is 13.2 Å². The Labute approximate surface area is 197 Å². The van der Waals surface area contributed by atoms with E-state index in [9.17, 15) is 13.2 Å². The molecule has 0 bridgehead atoms. The van der Waals surface area contributed by atoms with Gasteiger partial charge in [0.2, 0.25) is 5.82 Å². The van der Waals surface area contributed by atoms with Crippen LogP contribution in [0.5, 0.6) is 5.75 Å². The van der Waals surface area contributed by atoms with Gasteiger partial charge in [-0.05, 0) is 47.4 Å². The molecule has 1 fully saturated rings. The van der Waals surface area contributed by atoms with Gasteiger partial charge in [-0.2, -0.15) is 4.39 Å². The predicted molar refractivity (Wildman–Crippen MR) is 126 cm³/mol. The highest BCUT2D eigenvalue weighted by atomic mass is 19.2. The van der Waals surface area contributed by atoms with Crippen molar-refractivity contribution >= 4 is 0 Å². The van der Waals surface area contributed by atoms with Crippen LogP contribution in [0.25, 0.3) is 22.3 Å². The van der Waals surface area contributed by atoms with Gasteiger partial charge in [0.25, 0.3) is 0 Å². The molecule has 0 atom stereocenters. The Morgan fingerprint density at radius 3 is 2.24 bits per heavy atom. The first-order valence-electron chi connectivity index (χ1n) is 11.4. The van der Waals surface area contributed by atoms with Crippen LogP contribution in [0, 0.1) is 23.4 Å². The molecule has 3 nitrogen and oxygen atoms in total. The largest absolute Gasteiger partial charge is 0.462 e. The van der Waals surface area contributed by atoms with Gasteiger partial charge in [0, 0.05) is 17.0 Å². The summed E-state index contributed by atoms with van der Waals surface area (Å²) in [7, 11) is 0. The van der Waals surface area contributed by atoms with Crippen LogP contribution in [-0.2, 0) is 9.47 Å². The van der Waals surface area contributed by atoms with E-state index in [1.165, 1.54) is 24.5 Å². The van der Waals surface area contributed by atoms with Gasteiger partial charge in [0.1, 0.15) is 5.82 Å². The number of benzene rings is 3. The molecule has 3 aromatic carbocycles. The van der Waals surface area contributed by atoms with Gasteiger partial charge < -0.3 is 14.2 Å². The van der Waals surface area contributed by atoms with E-state index in [1.807, 2.05) is 13.8 Å². The molecule has 0 N–H and O–H groups in total. The number of hydrogen-bond donors (Lipinski definition) is 0. The SMILES string of the molecule is CCC/C=C\Oc1ccc(-c2ccc(-c3ccc(C4OCC(C)CO4)c(F)c3)cc2)c(F)c1F. The molecule has 178 valence electrons. The fraction of sp³-hybridized carbons (Fsp3) is 0.286. The Balaban J connectivity index is 1.51. The fourth-order valence-electron chi connectivity index (χ4n) is 3.72. The van der Waals surface area contributed by atoms with E-state index in [1.54, 1.807) is 42.5 Å². The molecule has 34 heavy (non-hydrogen) atoms. The molecule has 6 heteroatoms. The Hall–Kier alpha value is -3.09. The Bertz CT molecular complexity index is 1150. The number of rotatable bonds is 7. The Morgan fingerprint density at radius 1 is 0.882 bits per heavy atom. The van der Waals surface area contributed by atoms with Crippen molar-refractivity contribution in [3.63, 3.8) is 0 Å². The molecule has 1 heterocycles. The highest BCUT2D eigenvalue weighted by Gasteiger charge is 2.24. The lowest BCUT2D eigenvalue weighted by Gasteiger charge is -2.27. The van der Waals surface area contributed by atoms with E-state index in [-0.39, 0.29) is 17.2 Å². The molecular formula is C28H27F3O3. The molecule has 1 aliphatic heterocycles. The van der Waals surface area contributed by atoms with Gasteiger partial charge >= 0.3 is 0 Å². The third kappa shape index (κ3) is 5.34. The predicted octanol–water partition coefficient (Wildman–Crippen LogP) is 7.81. The second kappa shape index (κ2) is 10.9. The normalized spacial score (nSPS) is 18.4. The summed E-state index contributed by atoms with van der Waals surface area (Å²) in [4.78, 5) is 0. The van der Waals surface area contributed by atoms with Crippen molar-refractivity contribution in [3.8, 4) is 28.0 Å². The van der Waals surface area contributed by atoms with Crippen molar-refractivity contribution in [1.29, 1.82) is 0 Å². The van der Waals surface area contributed by atoms with Crippen molar-refractivity contribution in [3.05, 3.63) is 90.0 Å². The van der Waals surface area contributed by atoms with Crippen LogP contribution in [0.2, 0.25) is 0 Å². The minimum Gasteiger partial charge on any atom is -0.462 e. The number of halogens is 3. The summed E-state index contributed by atoms with van der Waals surface area (Å²) in [5, 5.41) is 0. The van der Waals surface area contributed by atoms with Crippen molar-refractivity contribution in [1.82, 2.24) is 0 Å². The molecule has 0 amide bonds. The van der Waals surface area contributed by atoms with Gasteiger partial charge in [-0.15, -0.1) is 0 Å². The summed E-state index contributed by atoms with van der Waals surface area (Å²) in [6.45, 7) is 5.06. The molecule has 0 saturated carbocycles. The molecule has 4 rings (SSSR count). The van der Waals surface area contributed by atoms with Crippen molar-refractivity contribution in [2.45, 2.75) is 33.0 Å². The van der Waals surface area contributed by atoms with Gasteiger partial charge in [-0.1, -0.05) is 56.7 Å². The van der Waals surface area contributed by atoms with E-state index in [0.717, 1.165) is 18.4 Å². The van der Waals surface area contributed by atoms with E-state index < -0.39 is 23.7 Å². The molecule has 0 aliphatic carbocycles. The first kappa shape index (κ1) is 24.0. The lowest BCUT2D eigenvalue weighted by molar-refractivity contribution is -0.203. The third-order valence-corrected chi connectivity index (χ3v) is 5.64. The average Bonchev–Trinajstić information content (AvgIpc) is 2.85. The first-order valence-corrected chi connectivity index (χ1v) is 11.4. The number of ether oxygens (including phenoxy) is 3. The maximum atomic E-state index is 14.8. The van der Waals surface area contributed by atoms with Gasteiger partial charge in [-0.3, -0.25) is 0 Å². The van der Waals surface area contributed by atoms with E-state index in [2.05, 4.69) is 0 Å². The van der Waals surface area contributed by atoms with Crippen LogP contribution in [0.3, 0.4) is 0 Å². The summed E-state index contributed by atoms with van der Waals surface area (Å²) in [5.74, 6) is -2.32. The molecule has 3 aromatic rings. The number of hydrogen-bond acceptors (Lipinski definition) is 3. The van der Waals surface area contributed by atoms with E-state index >= 15 is 0 Å². The molecule has 0 unspecified atom stereocenters. The summed E-state index contributed by atoms with van der Waals surface area (Å²) < 4.78 is 60.3. The zero-order valence-electron chi connectivity index (χ0n) is 19.2. The van der Waals surface area contributed by atoms with Crippen LogP contribution in [-0.4, -0.2) is 13.2 Å². The first-order chi connectivity index (χ1) is 16.5. The minimum absolute atomic E-state index is 0.122. The van der Waals surface area contributed by atoms with Crippen molar-refractivity contribution < 1.29 is 27.4 Å². The smallest absolute Gasteiger partial charge is 0.201 e. The van der Waals surface area contributed by atoms with Crippen LogP contribution in [0.1, 0.15) is 38.5 Å². The second-order valence-corrected chi connectivity index (χ2v) is 8.43. The number of allylic oxidation sites excluding steroid dienone is 1. The standard InChI is InChI=1S/C28H27F3O3/c1-3-4-5-14-32-25-13-12-22(26(30)27(25)31)20-8-6-19(7-9-20)21-10-11-23(24(29)15-21)28-33-16-18(2)17-34-28/h5-15,18,28H,3-4,16-17H2,1-2H3/b14-5-. The van der Waals surface area contributed by atoms with Gasteiger partial charge in [0.15, 0.2) is 17.9 Å². The highest BCUT2D eigenvalue weighted by molar-refractivity contribution is 5.71. The van der Waals surface area contributed by atoms with E-state index in [0.29, 0.717) is 29.9 Å². The van der Waals surface area contributed by atoms with E-state index in [4.69, 9.17) is 14.2 Å². The fourth-order valence-corrected chi connectivity index (χ4v) is 3.72. The Morgan fingerprint density at radius 2 is 1.56 bits per heavy atom. The maximum Gasteiger partial charge on any atom is 0.201 e. The van der Waals surface area contributed by atoms with Gasteiger partial charge in [-0.25, -0.2) is 8.78 Å². The third-order valence-electron chi connectivity index (χ3n) is 5.64. The van der Waals surface area contributed by atoms with Crippen LogP contribution < -0.4 is 4.74 Å². The van der Waals surface area contributed by atoms with Crippen LogP contribution in [0.15, 0.2) is 66.9 Å². The molecule has 0 radical (unpaired) electrons. The summed E-state index contributed by atoms with van der Waals surface area (Å²) in [6.07, 6.45) is 4.15. The van der Waals surface area contributed by atoms with Gasteiger partial charge in [0.05, 0.1) is 19.5 Å². The number of unbranched alkanes of at least 4 members (excludes halogenated alkanes) is 1. The summed E-state index contributed by atoms with van der Waals surface area (Å²) in [6, 6.07) is 14.6. The average molecular weight is 469 g/mol. The molecular weight excluding hydrogens is 441 g/mol. The Kier molecular flexibility index (Phi) is 7.70. The lowest BCUT2D eigenvalue weighted by atomic mass is 9.98. The minimum atomic E-state index is -1.04. The lowest BCUT2D eigenvalue weighted by Crippen LogP contribution is -2.25. The topological polar surface area (TPSA) is 27.7 Å². The van der Waals surface area contributed by atoms with Crippen molar-refractivity contribution in [2.24, 2.45) is 5.92 Å². The zero-order chi connectivity index (χ0) is 24.1. The molecule has 1 aliphatic rings. The highest BCUT2D eigenvalue weighted by Crippen LogP contribution is 2.33. The molecule has 0 spiro atoms. The second-order valence-electron chi connectivity index (χ2n) is 8.43. The van der Waals surface area contributed by atoms with Crippen LogP contribution >= 0.6 is 0 Å². The zero-order valence-corrected chi connectivity index (χ0v) is 19.2. The summed E-state index contributed by atoms with van der Waals surface area (Å²) in [5.41, 5.74) is 2.39. The van der Waals surface area contributed by atoms with Crippen molar-refractivity contribution in [2.75, 3.05) is 13.2 Å². The monoisotopic (exact) mass is 468 g/mol. The quantitative estimate of drug-likeness (QED) is 0.331. The summed E-state index contributed by atoms with van der Waals surface area (Å²) >= 11 is 0.